The SMILES string of the molecule is C=CN(C)C(=O)c1cc2cc(NCC(=O)N3CCc4cc(Cl)ccc4[C@@H]3C)c(F)cc2c(=O)[nH]1. The highest BCUT2D eigenvalue weighted by atomic mass is 35.5. The van der Waals surface area contributed by atoms with E-state index in [9.17, 15) is 18.8 Å². The number of nitrogens with zero attached hydrogens (tertiary/aromatic N) is 2. The molecule has 2 aromatic carbocycles. The molecule has 9 heteroatoms. The Morgan fingerprint density at radius 2 is 2.09 bits per heavy atom. The van der Waals surface area contributed by atoms with E-state index in [-0.39, 0.29) is 35.3 Å². The zero-order valence-electron chi connectivity index (χ0n) is 18.8. The van der Waals surface area contributed by atoms with Crippen LogP contribution in [-0.2, 0) is 11.2 Å². The number of anilines is 1. The van der Waals surface area contributed by atoms with Gasteiger partial charge in [-0.15, -0.1) is 0 Å². The molecule has 4 rings (SSSR count). The summed E-state index contributed by atoms with van der Waals surface area (Å²) in [6, 6.07) is 9.52. The van der Waals surface area contributed by atoms with E-state index in [0.717, 1.165) is 17.2 Å². The van der Waals surface area contributed by atoms with Gasteiger partial charge in [0.25, 0.3) is 11.5 Å². The number of fused-ring (bicyclic) bond motifs is 2. The van der Waals surface area contributed by atoms with Crippen LogP contribution in [0.15, 0.2) is 54.0 Å². The molecule has 7 nitrogen and oxygen atoms in total. The summed E-state index contributed by atoms with van der Waals surface area (Å²) < 4.78 is 14.7. The van der Waals surface area contributed by atoms with Crippen molar-refractivity contribution in [3.63, 3.8) is 0 Å². The molecular formula is C25H24ClFN4O3. The molecule has 2 N–H and O–H groups in total. The summed E-state index contributed by atoms with van der Waals surface area (Å²) in [4.78, 5) is 43.2. The van der Waals surface area contributed by atoms with E-state index in [1.807, 2.05) is 19.1 Å². The zero-order valence-corrected chi connectivity index (χ0v) is 19.6. The predicted octanol–water partition coefficient (Wildman–Crippen LogP) is 4.09. The molecule has 0 radical (unpaired) electrons. The maximum Gasteiger partial charge on any atom is 0.274 e. The number of hydrogen-bond acceptors (Lipinski definition) is 4. The van der Waals surface area contributed by atoms with Crippen LogP contribution in [0.2, 0.25) is 5.02 Å². The molecule has 0 aliphatic carbocycles. The molecule has 1 aliphatic heterocycles. The molecule has 0 unspecified atom stereocenters. The maximum absolute atomic E-state index is 14.7. The second kappa shape index (κ2) is 9.30. The summed E-state index contributed by atoms with van der Waals surface area (Å²) in [5, 5.41) is 3.99. The molecule has 0 saturated carbocycles. The van der Waals surface area contributed by atoms with Crippen molar-refractivity contribution in [1.29, 1.82) is 0 Å². The molecule has 176 valence electrons. The number of carbonyl (C=O) groups is 2. The predicted molar refractivity (Wildman–Crippen MR) is 131 cm³/mol. The van der Waals surface area contributed by atoms with Crippen LogP contribution in [0.1, 0.15) is 34.6 Å². The van der Waals surface area contributed by atoms with E-state index < -0.39 is 17.3 Å². The van der Waals surface area contributed by atoms with Crippen molar-refractivity contribution in [3.8, 4) is 0 Å². The van der Waals surface area contributed by atoms with E-state index in [4.69, 9.17) is 11.6 Å². The molecule has 3 aromatic rings. The van der Waals surface area contributed by atoms with Crippen LogP contribution >= 0.6 is 11.6 Å². The molecule has 0 fully saturated rings. The monoisotopic (exact) mass is 482 g/mol. The lowest BCUT2D eigenvalue weighted by atomic mass is 9.93. The fourth-order valence-electron chi connectivity index (χ4n) is 4.22. The van der Waals surface area contributed by atoms with Crippen LogP contribution in [0.5, 0.6) is 0 Å². The van der Waals surface area contributed by atoms with Crippen molar-refractivity contribution in [2.45, 2.75) is 19.4 Å². The van der Waals surface area contributed by atoms with Gasteiger partial charge in [0.15, 0.2) is 0 Å². The highest BCUT2D eigenvalue weighted by Crippen LogP contribution is 2.31. The third-order valence-corrected chi connectivity index (χ3v) is 6.39. The topological polar surface area (TPSA) is 85.5 Å². The Balaban J connectivity index is 1.55. The van der Waals surface area contributed by atoms with Crippen LogP contribution in [0.25, 0.3) is 10.8 Å². The Hall–Kier alpha value is -3.65. The number of rotatable bonds is 5. The number of halogens is 2. The van der Waals surface area contributed by atoms with Crippen molar-refractivity contribution in [1.82, 2.24) is 14.8 Å². The van der Waals surface area contributed by atoms with Gasteiger partial charge < -0.3 is 20.1 Å². The summed E-state index contributed by atoms with van der Waals surface area (Å²) >= 11 is 6.08. The van der Waals surface area contributed by atoms with Gasteiger partial charge in [0.1, 0.15) is 11.5 Å². The Labute approximate surface area is 200 Å². The molecule has 1 atom stereocenters. The van der Waals surface area contributed by atoms with Crippen LogP contribution in [-0.4, -0.2) is 46.7 Å². The minimum absolute atomic E-state index is 0.0504. The molecule has 2 amide bonds. The number of carbonyl (C=O) groups excluding carboxylic acids is 2. The van der Waals surface area contributed by atoms with E-state index in [0.29, 0.717) is 23.4 Å². The Morgan fingerprint density at radius 1 is 1.32 bits per heavy atom. The van der Waals surface area contributed by atoms with Crippen molar-refractivity contribution in [2.24, 2.45) is 0 Å². The number of nitrogens with one attached hydrogen (secondary N) is 2. The van der Waals surface area contributed by atoms with Crippen LogP contribution < -0.4 is 10.9 Å². The second-order valence-electron chi connectivity index (χ2n) is 8.24. The summed E-state index contributed by atoms with van der Waals surface area (Å²) in [6.07, 6.45) is 2.01. The Morgan fingerprint density at radius 3 is 2.82 bits per heavy atom. The van der Waals surface area contributed by atoms with Gasteiger partial charge in [-0.2, -0.15) is 0 Å². The normalized spacial score (nSPS) is 15.1. The fourth-order valence-corrected chi connectivity index (χ4v) is 4.42. The number of H-pyrrole nitrogens is 1. The van der Waals surface area contributed by atoms with Gasteiger partial charge in [-0.05, 0) is 66.4 Å². The summed E-state index contributed by atoms with van der Waals surface area (Å²) in [7, 11) is 1.51. The van der Waals surface area contributed by atoms with Gasteiger partial charge in [-0.25, -0.2) is 4.39 Å². The van der Waals surface area contributed by atoms with Gasteiger partial charge in [0.05, 0.1) is 23.7 Å². The average Bonchev–Trinajstić information content (AvgIpc) is 2.82. The van der Waals surface area contributed by atoms with Gasteiger partial charge >= 0.3 is 0 Å². The maximum atomic E-state index is 14.7. The average molecular weight is 483 g/mol. The molecule has 2 heterocycles. The largest absolute Gasteiger partial charge is 0.374 e. The number of pyridine rings is 1. The number of amides is 2. The first-order valence-corrected chi connectivity index (χ1v) is 11.2. The van der Waals surface area contributed by atoms with Gasteiger partial charge in [0, 0.05) is 18.6 Å². The smallest absolute Gasteiger partial charge is 0.274 e. The van der Waals surface area contributed by atoms with E-state index in [1.54, 1.807) is 11.0 Å². The van der Waals surface area contributed by atoms with E-state index in [1.165, 1.54) is 30.3 Å². The van der Waals surface area contributed by atoms with Gasteiger partial charge in [-0.3, -0.25) is 14.4 Å². The fraction of sp³-hybridized carbons (Fsp3) is 0.240. The van der Waals surface area contributed by atoms with Gasteiger partial charge in [0.2, 0.25) is 5.91 Å². The third-order valence-electron chi connectivity index (χ3n) is 6.15. The molecule has 0 bridgehead atoms. The lowest BCUT2D eigenvalue weighted by Crippen LogP contribution is -2.41. The van der Waals surface area contributed by atoms with Crippen molar-refractivity contribution >= 4 is 39.9 Å². The number of aromatic amines is 1. The summed E-state index contributed by atoms with van der Waals surface area (Å²) in [5.74, 6) is -1.30. The quantitative estimate of drug-likeness (QED) is 0.573. The number of hydrogen-bond donors (Lipinski definition) is 2. The first kappa shape index (κ1) is 23.5. The van der Waals surface area contributed by atoms with Crippen molar-refractivity contribution < 1.29 is 14.0 Å². The highest BCUT2D eigenvalue weighted by molar-refractivity contribution is 6.30. The van der Waals surface area contributed by atoms with E-state index >= 15 is 0 Å². The van der Waals surface area contributed by atoms with Crippen LogP contribution in [0, 0.1) is 5.82 Å². The van der Waals surface area contributed by atoms with Gasteiger partial charge in [-0.1, -0.05) is 24.2 Å². The summed E-state index contributed by atoms with van der Waals surface area (Å²) in [6.45, 7) is 5.89. The molecule has 1 aromatic heterocycles. The third kappa shape index (κ3) is 4.41. The lowest BCUT2D eigenvalue weighted by Gasteiger charge is -2.35. The second-order valence-corrected chi connectivity index (χ2v) is 8.68. The Bertz CT molecular complexity index is 1370. The minimum Gasteiger partial charge on any atom is -0.374 e. The van der Waals surface area contributed by atoms with Crippen LogP contribution in [0.4, 0.5) is 10.1 Å². The standard InChI is InChI=1S/C25H24ClFN4O3/c1-4-30(3)25(34)22-11-16-10-21(20(27)12-19(16)24(33)29-22)28-13-23(32)31-8-7-15-9-17(26)5-6-18(15)14(31)2/h4-6,9-12,14,28H,1,7-8,13H2,2-3H3,(H,29,33)/t14-/m0/s1. The van der Waals surface area contributed by atoms with E-state index in [2.05, 4.69) is 16.9 Å². The highest BCUT2D eigenvalue weighted by Gasteiger charge is 2.27. The Kier molecular flexibility index (Phi) is 6.43. The van der Waals surface area contributed by atoms with Crippen molar-refractivity contribution in [3.05, 3.63) is 87.2 Å². The molecule has 0 saturated heterocycles. The number of benzene rings is 2. The summed E-state index contributed by atoms with van der Waals surface area (Å²) in [5.41, 5.74) is 1.70. The lowest BCUT2D eigenvalue weighted by molar-refractivity contribution is -0.131. The first-order chi connectivity index (χ1) is 16.2. The molecule has 1 aliphatic rings. The molecule has 34 heavy (non-hydrogen) atoms. The molecule has 0 spiro atoms. The minimum atomic E-state index is -0.667. The zero-order chi connectivity index (χ0) is 24.6. The van der Waals surface area contributed by atoms with Crippen LogP contribution in [0.3, 0.4) is 0 Å². The molecular weight excluding hydrogens is 459 g/mol. The first-order valence-electron chi connectivity index (χ1n) is 10.8. The van der Waals surface area contributed by atoms with Crippen molar-refractivity contribution in [2.75, 3.05) is 25.5 Å². The number of aromatic nitrogens is 1.